The van der Waals surface area contributed by atoms with Gasteiger partial charge in [-0.05, 0) is 30.7 Å². The largest absolute Gasteiger partial charge is 0.493 e. The van der Waals surface area contributed by atoms with Crippen molar-refractivity contribution in [2.24, 2.45) is 0 Å². The number of hydrogen-bond donors (Lipinski definition) is 1. The van der Waals surface area contributed by atoms with Gasteiger partial charge in [0.1, 0.15) is 0 Å². The molecule has 2 aliphatic heterocycles. The second-order valence-electron chi connectivity index (χ2n) is 9.13. The van der Waals surface area contributed by atoms with Crippen molar-refractivity contribution in [3.05, 3.63) is 45.7 Å². The van der Waals surface area contributed by atoms with Crippen LogP contribution < -0.4 is 24.0 Å². The molecule has 0 bridgehead atoms. The van der Waals surface area contributed by atoms with E-state index in [0.717, 1.165) is 19.6 Å². The lowest BCUT2D eigenvalue weighted by Crippen LogP contribution is -2.37. The Morgan fingerprint density at radius 2 is 1.63 bits per heavy atom. The molecule has 3 aromatic rings. The molecule has 1 fully saturated rings. The van der Waals surface area contributed by atoms with E-state index >= 15 is 0 Å². The molecule has 0 radical (unpaired) electrons. The third kappa shape index (κ3) is 4.17. The van der Waals surface area contributed by atoms with Gasteiger partial charge in [-0.2, -0.15) is 8.42 Å². The highest BCUT2D eigenvalue weighted by molar-refractivity contribution is 7.81. The average molecular weight is 545 g/mol. The zero-order valence-corrected chi connectivity index (χ0v) is 21.2. The van der Waals surface area contributed by atoms with Crippen molar-refractivity contribution in [2.75, 3.05) is 46.8 Å². The van der Waals surface area contributed by atoms with Crippen LogP contribution in [-0.4, -0.2) is 75.0 Å². The first-order valence-corrected chi connectivity index (χ1v) is 13.4. The fraction of sp³-hybridized carbons (Fsp3) is 0.360. The average Bonchev–Trinajstić information content (AvgIpc) is 3.46. The molecule has 0 amide bonds. The van der Waals surface area contributed by atoms with E-state index in [0.29, 0.717) is 54.5 Å². The fourth-order valence-electron chi connectivity index (χ4n) is 5.25. The molecule has 1 saturated heterocycles. The molecular weight excluding hydrogens is 520 g/mol. The van der Waals surface area contributed by atoms with Crippen LogP contribution in [0.25, 0.3) is 22.0 Å². The normalized spacial score (nSPS) is 16.5. The van der Waals surface area contributed by atoms with Crippen molar-refractivity contribution < 1.29 is 40.9 Å². The smallest absolute Gasteiger partial charge is 0.446 e. The highest BCUT2D eigenvalue weighted by atomic mass is 32.3. The van der Waals surface area contributed by atoms with Crippen molar-refractivity contribution >= 4 is 27.0 Å². The molecule has 12 nitrogen and oxygen atoms in total. The van der Waals surface area contributed by atoms with Crippen molar-refractivity contribution in [3.63, 3.8) is 0 Å². The van der Waals surface area contributed by atoms with E-state index < -0.39 is 16.0 Å². The van der Waals surface area contributed by atoms with Crippen molar-refractivity contribution in [3.8, 4) is 34.3 Å². The van der Waals surface area contributed by atoms with Gasteiger partial charge >= 0.3 is 10.4 Å². The Kier molecular flexibility index (Phi) is 6.02. The highest BCUT2D eigenvalue weighted by Crippen LogP contribution is 2.47. The Morgan fingerprint density at radius 3 is 2.32 bits per heavy atom. The number of hydrogen-bond acceptors (Lipinski definition) is 10. The summed E-state index contributed by atoms with van der Waals surface area (Å²) in [6.45, 7) is 3.96. The second-order valence-corrected chi connectivity index (χ2v) is 10.1. The molecule has 38 heavy (non-hydrogen) atoms. The van der Waals surface area contributed by atoms with Crippen molar-refractivity contribution in [1.29, 1.82) is 0 Å². The zero-order chi connectivity index (χ0) is 26.6. The van der Waals surface area contributed by atoms with Crippen molar-refractivity contribution in [1.82, 2.24) is 9.47 Å². The molecule has 1 aromatic heterocycles. The zero-order valence-electron chi connectivity index (χ0n) is 20.4. The Morgan fingerprint density at radius 1 is 0.947 bits per heavy atom. The minimum atomic E-state index is -4.90. The van der Waals surface area contributed by atoms with Gasteiger partial charge in [0.25, 0.3) is 5.56 Å². The molecule has 6 rings (SSSR count). The number of carbonyl (C=O) groups is 1. The highest BCUT2D eigenvalue weighted by Gasteiger charge is 2.36. The summed E-state index contributed by atoms with van der Waals surface area (Å²) in [7, 11) is -3.62. The van der Waals surface area contributed by atoms with Crippen LogP contribution in [0.5, 0.6) is 23.0 Å². The van der Waals surface area contributed by atoms with Gasteiger partial charge in [0.2, 0.25) is 6.79 Å². The molecule has 0 unspecified atom stereocenters. The molecule has 200 valence electrons. The lowest BCUT2D eigenvalue weighted by Gasteiger charge is -2.26. The van der Waals surface area contributed by atoms with Gasteiger partial charge in [-0.15, -0.1) is 0 Å². The van der Waals surface area contributed by atoms with Crippen LogP contribution in [0.4, 0.5) is 0 Å². The van der Waals surface area contributed by atoms with Gasteiger partial charge < -0.3 is 27.7 Å². The Hall–Kier alpha value is -3.65. The van der Waals surface area contributed by atoms with Crippen LogP contribution >= 0.6 is 0 Å². The van der Waals surface area contributed by atoms with E-state index in [4.69, 9.17) is 18.9 Å². The number of benzene rings is 2. The molecule has 1 N–H and O–H groups in total. The molecule has 3 aliphatic rings. The number of ether oxygens (including phenoxy) is 4. The summed E-state index contributed by atoms with van der Waals surface area (Å²) in [4.78, 5) is 29.9. The summed E-state index contributed by atoms with van der Waals surface area (Å²) in [6.07, 6.45) is 0.621. The molecule has 1 aliphatic carbocycles. The van der Waals surface area contributed by atoms with Crippen LogP contribution in [0.3, 0.4) is 0 Å². The lowest BCUT2D eigenvalue weighted by molar-refractivity contribution is 0.0369. The molecule has 0 saturated carbocycles. The summed E-state index contributed by atoms with van der Waals surface area (Å²) in [5.74, 6) is 0.164. The predicted molar refractivity (Wildman–Crippen MR) is 134 cm³/mol. The Labute approximate surface area is 217 Å². The van der Waals surface area contributed by atoms with Crippen LogP contribution in [-0.2, 0) is 21.7 Å². The Balaban J connectivity index is 1.54. The number of fused-ring (bicyclic) bond motifs is 6. The lowest BCUT2D eigenvalue weighted by atomic mass is 10.0. The van der Waals surface area contributed by atoms with E-state index in [2.05, 4.69) is 9.08 Å². The third-order valence-electron chi connectivity index (χ3n) is 6.95. The molecule has 0 atom stereocenters. The Bertz CT molecular complexity index is 1640. The van der Waals surface area contributed by atoms with Gasteiger partial charge in [0, 0.05) is 42.7 Å². The summed E-state index contributed by atoms with van der Waals surface area (Å²) in [6, 6.07) is 5.86. The minimum Gasteiger partial charge on any atom is -0.493 e. The topological polar surface area (TPSA) is 143 Å². The van der Waals surface area contributed by atoms with Gasteiger partial charge in [0.15, 0.2) is 28.8 Å². The van der Waals surface area contributed by atoms with E-state index in [1.54, 1.807) is 12.1 Å². The fourth-order valence-corrected chi connectivity index (χ4v) is 5.61. The van der Waals surface area contributed by atoms with Gasteiger partial charge in [0.05, 0.1) is 37.0 Å². The first-order valence-electron chi connectivity index (χ1n) is 12.0. The number of rotatable bonds is 7. The van der Waals surface area contributed by atoms with Gasteiger partial charge in [-0.3, -0.25) is 19.0 Å². The summed E-state index contributed by atoms with van der Waals surface area (Å²) in [5.41, 5.74) is 1.21. The molecular formula is C25H24N2O10S. The maximum Gasteiger partial charge on any atom is 0.446 e. The van der Waals surface area contributed by atoms with Gasteiger partial charge in [-0.1, -0.05) is 0 Å². The van der Waals surface area contributed by atoms with Crippen molar-refractivity contribution in [2.45, 2.75) is 13.0 Å². The summed E-state index contributed by atoms with van der Waals surface area (Å²) in [5, 5.41) is 0.327. The molecule has 3 heterocycles. The predicted octanol–water partition coefficient (Wildman–Crippen LogP) is 1.85. The van der Waals surface area contributed by atoms with E-state index in [-0.39, 0.29) is 40.4 Å². The standard InChI is InChI=1S/C25H24N2O10S/c1-33-18-9-14-17(12-21(18)37-38(30,31)32)25(29)27(4-2-3-26-5-7-34-8-6-26)23-15-10-19-20(36-13-35-19)11-16(15)24(28)22(14)23/h9-12H,2-8,13H2,1H3,(H,30,31,32). The number of carbonyl (C=O) groups excluding carboxylic acids is 1. The van der Waals surface area contributed by atoms with Gasteiger partial charge in [-0.25, -0.2) is 0 Å². The molecule has 2 aromatic carbocycles. The summed E-state index contributed by atoms with van der Waals surface area (Å²) >= 11 is 0. The van der Waals surface area contributed by atoms with Crippen LogP contribution in [0, 0.1) is 0 Å². The summed E-state index contributed by atoms with van der Waals surface area (Å²) < 4.78 is 60.0. The minimum absolute atomic E-state index is 0.0388. The first-order chi connectivity index (χ1) is 18.2. The first kappa shape index (κ1) is 24.7. The number of nitrogens with zero attached hydrogens (tertiary/aromatic N) is 2. The second kappa shape index (κ2) is 9.27. The molecule has 0 spiro atoms. The quantitative estimate of drug-likeness (QED) is 0.341. The third-order valence-corrected chi connectivity index (χ3v) is 7.34. The van der Waals surface area contributed by atoms with E-state index in [9.17, 15) is 22.6 Å². The number of morpholine rings is 1. The van der Waals surface area contributed by atoms with E-state index in [1.807, 2.05) is 0 Å². The SMILES string of the molecule is COc1cc2c3c(n(CCCN4CCOCC4)c(=O)c2cc1OS(=O)(=O)O)-c1cc2c(cc1C3=O)OCO2. The number of pyridine rings is 1. The number of methoxy groups -OCH3 is 1. The maximum atomic E-state index is 13.9. The number of aromatic nitrogens is 1. The number of ketones is 1. The van der Waals surface area contributed by atoms with Crippen LogP contribution in [0.2, 0.25) is 0 Å². The van der Waals surface area contributed by atoms with E-state index in [1.165, 1.54) is 23.8 Å². The molecule has 13 heteroatoms. The van der Waals surface area contributed by atoms with Crippen LogP contribution in [0.1, 0.15) is 22.3 Å². The van der Waals surface area contributed by atoms with Crippen LogP contribution in [0.15, 0.2) is 29.1 Å². The maximum absolute atomic E-state index is 13.9. The monoisotopic (exact) mass is 544 g/mol.